The van der Waals surface area contributed by atoms with Crippen LogP contribution in [0.5, 0.6) is 0 Å². The second-order valence-corrected chi connectivity index (χ2v) is 5.57. The fraction of sp³-hybridized carbons (Fsp3) is 0.667. The standard InChI is InChI=1S/C6H8NO4PS/c7-13-12-10-4(8)6(2-1-3-6)5(9)11-12/h1-3,7H2. The highest BCUT2D eigenvalue weighted by molar-refractivity contribution is 8.51. The van der Waals surface area contributed by atoms with Crippen LogP contribution in [0.25, 0.3) is 0 Å². The van der Waals surface area contributed by atoms with Gasteiger partial charge in [-0.05, 0) is 19.3 Å². The maximum Gasteiger partial charge on any atom is 0.380 e. The van der Waals surface area contributed by atoms with Crippen LogP contribution in [0.3, 0.4) is 0 Å². The molecule has 0 atom stereocenters. The maximum atomic E-state index is 11.4. The summed E-state index contributed by atoms with van der Waals surface area (Å²) < 4.78 is 9.77. The predicted molar refractivity (Wildman–Crippen MR) is 47.2 cm³/mol. The summed E-state index contributed by atoms with van der Waals surface area (Å²) in [6.45, 7) is 0. The van der Waals surface area contributed by atoms with E-state index in [1.807, 2.05) is 0 Å². The van der Waals surface area contributed by atoms with E-state index in [2.05, 4.69) is 0 Å². The Morgan fingerprint density at radius 3 is 2.15 bits per heavy atom. The molecule has 2 aliphatic rings. The van der Waals surface area contributed by atoms with Crippen LogP contribution in [0, 0.1) is 5.41 Å². The van der Waals surface area contributed by atoms with Crippen LogP contribution >= 0.6 is 19.1 Å². The SMILES string of the molecule is NSP1OC(=O)C2(CCC2)C(=O)O1. The predicted octanol–water partition coefficient (Wildman–Crippen LogP) is 1.09. The molecule has 1 saturated carbocycles. The largest absolute Gasteiger partial charge is 0.397 e. The highest BCUT2D eigenvalue weighted by atomic mass is 32.7. The zero-order valence-corrected chi connectivity index (χ0v) is 8.40. The molecule has 1 saturated heterocycles. The molecule has 2 N–H and O–H groups in total. The van der Waals surface area contributed by atoms with E-state index in [4.69, 9.17) is 14.2 Å². The van der Waals surface area contributed by atoms with E-state index in [-0.39, 0.29) is 0 Å². The lowest BCUT2D eigenvalue weighted by Crippen LogP contribution is -2.48. The molecule has 0 aromatic carbocycles. The zero-order chi connectivity index (χ0) is 9.47. The third kappa shape index (κ3) is 1.24. The van der Waals surface area contributed by atoms with E-state index in [1.165, 1.54) is 0 Å². The van der Waals surface area contributed by atoms with Gasteiger partial charge in [-0.1, -0.05) is 0 Å². The van der Waals surface area contributed by atoms with Gasteiger partial charge >= 0.3 is 19.5 Å². The number of hydrogen-bond acceptors (Lipinski definition) is 6. The van der Waals surface area contributed by atoms with Gasteiger partial charge in [0.05, 0.1) is 0 Å². The third-order valence-electron chi connectivity index (χ3n) is 2.39. The van der Waals surface area contributed by atoms with E-state index in [0.29, 0.717) is 12.8 Å². The summed E-state index contributed by atoms with van der Waals surface area (Å²) in [5.41, 5.74) is -0.978. The van der Waals surface area contributed by atoms with Crippen LogP contribution in [0.2, 0.25) is 0 Å². The Kier molecular flexibility index (Phi) is 2.21. The Hall–Kier alpha value is -0.320. The normalized spacial score (nSPS) is 26.5. The first-order chi connectivity index (χ1) is 6.19. The second kappa shape index (κ2) is 3.12. The molecule has 0 amide bonds. The average Bonchev–Trinajstić information content (AvgIpc) is 2.00. The van der Waals surface area contributed by atoms with Crippen LogP contribution in [0.1, 0.15) is 19.3 Å². The van der Waals surface area contributed by atoms with Gasteiger partial charge in [0.1, 0.15) is 0 Å². The molecule has 72 valence electrons. The van der Waals surface area contributed by atoms with Gasteiger partial charge in [0.25, 0.3) is 0 Å². The van der Waals surface area contributed by atoms with Gasteiger partial charge in [0, 0.05) is 11.6 Å². The molecule has 13 heavy (non-hydrogen) atoms. The summed E-state index contributed by atoms with van der Waals surface area (Å²) in [7, 11) is -1.58. The van der Waals surface area contributed by atoms with Crippen molar-refractivity contribution >= 4 is 31.1 Å². The van der Waals surface area contributed by atoms with Crippen LogP contribution in [0.15, 0.2) is 0 Å². The number of hydrogen-bond donors (Lipinski definition) is 1. The Bertz CT molecular complexity index is 247. The van der Waals surface area contributed by atoms with Crippen molar-refractivity contribution in [2.24, 2.45) is 10.6 Å². The van der Waals surface area contributed by atoms with Crippen molar-refractivity contribution in [1.82, 2.24) is 0 Å². The van der Waals surface area contributed by atoms with Crippen LogP contribution < -0.4 is 5.14 Å². The van der Waals surface area contributed by atoms with Gasteiger partial charge in [0.15, 0.2) is 5.41 Å². The molecule has 7 heteroatoms. The Morgan fingerprint density at radius 1 is 1.31 bits per heavy atom. The van der Waals surface area contributed by atoms with Crippen LogP contribution in [0.4, 0.5) is 0 Å². The molecule has 2 fully saturated rings. The molecular weight excluding hydrogens is 213 g/mol. The Labute approximate surface area is 80.1 Å². The molecule has 5 nitrogen and oxygen atoms in total. The molecular formula is C6H8NO4PS. The highest BCUT2D eigenvalue weighted by Crippen LogP contribution is 2.59. The summed E-state index contributed by atoms with van der Waals surface area (Å²) in [5.74, 6) is -0.918. The van der Waals surface area contributed by atoms with E-state index in [0.717, 1.165) is 18.0 Å². The molecule has 1 aliphatic heterocycles. The molecule has 1 heterocycles. The Balaban J connectivity index is 2.15. The van der Waals surface area contributed by atoms with E-state index in [9.17, 15) is 9.59 Å². The molecule has 0 aromatic heterocycles. The van der Waals surface area contributed by atoms with Gasteiger partial charge in [-0.25, -0.2) is 0 Å². The number of carbonyl (C=O) groups is 2. The number of nitrogens with two attached hydrogens (primary N) is 1. The Morgan fingerprint density at radius 2 is 1.85 bits per heavy atom. The van der Waals surface area contributed by atoms with Crippen molar-refractivity contribution in [2.45, 2.75) is 19.3 Å². The highest BCUT2D eigenvalue weighted by Gasteiger charge is 2.58. The van der Waals surface area contributed by atoms with Gasteiger partial charge in [-0.2, -0.15) is 0 Å². The first-order valence-electron chi connectivity index (χ1n) is 3.81. The number of carbonyl (C=O) groups excluding carboxylic acids is 2. The fourth-order valence-electron chi connectivity index (χ4n) is 1.39. The minimum Gasteiger partial charge on any atom is -0.397 e. The van der Waals surface area contributed by atoms with Gasteiger partial charge < -0.3 is 9.05 Å². The average molecular weight is 221 g/mol. The van der Waals surface area contributed by atoms with Crippen molar-refractivity contribution in [2.75, 3.05) is 0 Å². The first-order valence-corrected chi connectivity index (χ1v) is 6.47. The van der Waals surface area contributed by atoms with Gasteiger partial charge in [0.2, 0.25) is 0 Å². The quantitative estimate of drug-likeness (QED) is 0.405. The third-order valence-corrected chi connectivity index (χ3v) is 4.16. The summed E-state index contributed by atoms with van der Waals surface area (Å²) in [5, 5.41) is 5.17. The lowest BCUT2D eigenvalue weighted by molar-refractivity contribution is -0.172. The molecule has 0 aromatic rings. The second-order valence-electron chi connectivity index (χ2n) is 3.02. The minimum absolute atomic E-state index is 0.459. The van der Waals surface area contributed by atoms with Crippen LogP contribution in [-0.4, -0.2) is 11.9 Å². The molecule has 0 radical (unpaired) electrons. The molecule has 0 bridgehead atoms. The summed E-state index contributed by atoms with van der Waals surface area (Å²) in [6.07, 6.45) is 1.96. The van der Waals surface area contributed by atoms with Crippen molar-refractivity contribution < 1.29 is 18.6 Å². The molecule has 0 unspecified atom stereocenters. The fourth-order valence-corrected chi connectivity index (χ4v) is 2.80. The maximum absolute atomic E-state index is 11.4. The first kappa shape index (κ1) is 9.24. The lowest BCUT2D eigenvalue weighted by atomic mass is 9.69. The van der Waals surface area contributed by atoms with Crippen LogP contribution in [-0.2, 0) is 18.6 Å². The lowest BCUT2D eigenvalue weighted by Gasteiger charge is -2.40. The van der Waals surface area contributed by atoms with Gasteiger partial charge in [-0.3, -0.25) is 14.7 Å². The smallest absolute Gasteiger partial charge is 0.380 e. The topological polar surface area (TPSA) is 78.6 Å². The summed E-state index contributed by atoms with van der Waals surface area (Å²) >= 11 is 0.767. The molecule has 1 aliphatic carbocycles. The van der Waals surface area contributed by atoms with Crippen molar-refractivity contribution in [3.63, 3.8) is 0 Å². The van der Waals surface area contributed by atoms with Crippen molar-refractivity contribution in [3.8, 4) is 0 Å². The molecule has 1 spiro atoms. The van der Waals surface area contributed by atoms with Gasteiger partial charge in [-0.15, -0.1) is 0 Å². The summed E-state index contributed by atoms with van der Waals surface area (Å²) in [4.78, 5) is 22.8. The van der Waals surface area contributed by atoms with E-state index >= 15 is 0 Å². The van der Waals surface area contributed by atoms with E-state index < -0.39 is 24.9 Å². The summed E-state index contributed by atoms with van der Waals surface area (Å²) in [6, 6.07) is 0. The van der Waals surface area contributed by atoms with Crippen molar-refractivity contribution in [1.29, 1.82) is 0 Å². The van der Waals surface area contributed by atoms with E-state index in [1.54, 1.807) is 0 Å². The number of rotatable bonds is 1. The van der Waals surface area contributed by atoms with Crippen molar-refractivity contribution in [3.05, 3.63) is 0 Å². The zero-order valence-electron chi connectivity index (χ0n) is 6.69. The monoisotopic (exact) mass is 221 g/mol. The minimum atomic E-state index is -1.58. The molecule has 2 rings (SSSR count).